The Balaban J connectivity index is 2.28. The number of rotatable bonds is 1. The number of nitrogens with two attached hydrogens (primary N) is 1. The standard InChI is InChI=1S/C10H18N4/c1-13-6-4-3-5-9(13)10-8(11)7-12-14(10)2/h7,9H,3-6,11H2,1-2H3. The lowest BCUT2D eigenvalue weighted by atomic mass is 9.99. The van der Waals surface area contributed by atoms with Crippen LogP contribution in [-0.4, -0.2) is 28.3 Å². The second-order valence-corrected chi connectivity index (χ2v) is 4.10. The molecule has 1 aliphatic heterocycles. The third-order valence-corrected chi connectivity index (χ3v) is 3.10. The van der Waals surface area contributed by atoms with Crippen LogP contribution < -0.4 is 5.73 Å². The van der Waals surface area contributed by atoms with E-state index in [1.54, 1.807) is 6.20 Å². The Bertz CT molecular complexity index is 298. The van der Waals surface area contributed by atoms with Crippen LogP contribution in [0.4, 0.5) is 5.69 Å². The van der Waals surface area contributed by atoms with Crippen LogP contribution in [0.2, 0.25) is 0 Å². The van der Waals surface area contributed by atoms with Gasteiger partial charge in [-0.25, -0.2) is 0 Å². The minimum Gasteiger partial charge on any atom is -0.396 e. The maximum absolute atomic E-state index is 5.92. The van der Waals surface area contributed by atoms with E-state index < -0.39 is 0 Å². The van der Waals surface area contributed by atoms with Crippen molar-refractivity contribution in [3.8, 4) is 0 Å². The van der Waals surface area contributed by atoms with Crippen molar-refractivity contribution in [1.82, 2.24) is 14.7 Å². The van der Waals surface area contributed by atoms with Crippen LogP contribution in [-0.2, 0) is 7.05 Å². The van der Waals surface area contributed by atoms with Crippen molar-refractivity contribution in [1.29, 1.82) is 0 Å². The minimum atomic E-state index is 0.455. The summed E-state index contributed by atoms with van der Waals surface area (Å²) in [6, 6.07) is 0.455. The highest BCUT2D eigenvalue weighted by molar-refractivity contribution is 5.42. The second-order valence-electron chi connectivity index (χ2n) is 4.10. The molecule has 0 amide bonds. The quantitative estimate of drug-likeness (QED) is 0.729. The number of hydrogen-bond donors (Lipinski definition) is 1. The largest absolute Gasteiger partial charge is 0.396 e. The van der Waals surface area contributed by atoms with Crippen molar-refractivity contribution < 1.29 is 0 Å². The number of nitrogens with zero attached hydrogens (tertiary/aromatic N) is 3. The first-order chi connectivity index (χ1) is 6.70. The molecule has 2 rings (SSSR count). The molecule has 1 fully saturated rings. The number of likely N-dealkylation sites (tertiary alicyclic amines) is 1. The average Bonchev–Trinajstić information content (AvgIpc) is 2.48. The first-order valence-corrected chi connectivity index (χ1v) is 5.17. The molecule has 1 saturated heterocycles. The van der Waals surface area contributed by atoms with E-state index in [0.717, 1.165) is 12.2 Å². The highest BCUT2D eigenvalue weighted by Gasteiger charge is 2.25. The first kappa shape index (κ1) is 9.52. The molecule has 0 bridgehead atoms. The van der Waals surface area contributed by atoms with Gasteiger partial charge in [-0.3, -0.25) is 9.58 Å². The van der Waals surface area contributed by atoms with Gasteiger partial charge in [0.15, 0.2) is 0 Å². The van der Waals surface area contributed by atoms with Crippen molar-refractivity contribution in [2.45, 2.75) is 25.3 Å². The summed E-state index contributed by atoms with van der Waals surface area (Å²) >= 11 is 0. The van der Waals surface area contributed by atoms with Gasteiger partial charge in [-0.05, 0) is 26.4 Å². The molecule has 0 aromatic carbocycles. The monoisotopic (exact) mass is 194 g/mol. The lowest BCUT2D eigenvalue weighted by Gasteiger charge is -2.32. The number of hydrogen-bond acceptors (Lipinski definition) is 3. The molecule has 14 heavy (non-hydrogen) atoms. The lowest BCUT2D eigenvalue weighted by Crippen LogP contribution is -2.31. The van der Waals surface area contributed by atoms with Crippen LogP contribution in [0.25, 0.3) is 0 Å². The zero-order valence-corrected chi connectivity index (χ0v) is 8.90. The molecule has 2 heterocycles. The molecular weight excluding hydrogens is 176 g/mol. The summed E-state index contributed by atoms with van der Waals surface area (Å²) in [6.07, 6.45) is 5.53. The predicted molar refractivity (Wildman–Crippen MR) is 56.8 cm³/mol. The van der Waals surface area contributed by atoms with Crippen LogP contribution in [0.15, 0.2) is 6.20 Å². The Morgan fingerprint density at radius 1 is 1.43 bits per heavy atom. The summed E-state index contributed by atoms with van der Waals surface area (Å²) in [6.45, 7) is 1.16. The maximum Gasteiger partial charge on any atom is 0.0781 e. The maximum atomic E-state index is 5.92. The molecular formula is C10H18N4. The van der Waals surface area contributed by atoms with Crippen molar-refractivity contribution in [2.75, 3.05) is 19.3 Å². The van der Waals surface area contributed by atoms with Gasteiger partial charge in [0.05, 0.1) is 23.6 Å². The van der Waals surface area contributed by atoms with E-state index in [9.17, 15) is 0 Å². The van der Waals surface area contributed by atoms with Crippen molar-refractivity contribution in [3.05, 3.63) is 11.9 Å². The van der Waals surface area contributed by atoms with Crippen molar-refractivity contribution in [2.24, 2.45) is 7.05 Å². The van der Waals surface area contributed by atoms with E-state index in [-0.39, 0.29) is 0 Å². The second kappa shape index (κ2) is 3.61. The molecule has 1 unspecified atom stereocenters. The molecule has 2 N–H and O–H groups in total. The number of aryl methyl sites for hydroxylation is 1. The molecule has 4 nitrogen and oxygen atoms in total. The molecule has 0 spiro atoms. The zero-order valence-electron chi connectivity index (χ0n) is 8.90. The summed E-state index contributed by atoms with van der Waals surface area (Å²) in [5.41, 5.74) is 7.92. The summed E-state index contributed by atoms with van der Waals surface area (Å²) < 4.78 is 1.90. The van der Waals surface area contributed by atoms with Crippen LogP contribution in [0.5, 0.6) is 0 Å². The Morgan fingerprint density at radius 2 is 2.21 bits per heavy atom. The van der Waals surface area contributed by atoms with Gasteiger partial charge >= 0.3 is 0 Å². The highest BCUT2D eigenvalue weighted by atomic mass is 15.3. The van der Waals surface area contributed by atoms with Crippen molar-refractivity contribution >= 4 is 5.69 Å². The van der Waals surface area contributed by atoms with E-state index in [1.165, 1.54) is 25.0 Å². The van der Waals surface area contributed by atoms with Crippen LogP contribution in [0.3, 0.4) is 0 Å². The molecule has 1 atom stereocenters. The summed E-state index contributed by atoms with van der Waals surface area (Å²) in [5.74, 6) is 0. The van der Waals surface area contributed by atoms with Gasteiger partial charge in [0.25, 0.3) is 0 Å². The Morgan fingerprint density at radius 3 is 2.79 bits per heavy atom. The van der Waals surface area contributed by atoms with Crippen LogP contribution in [0, 0.1) is 0 Å². The van der Waals surface area contributed by atoms with Gasteiger partial charge in [-0.2, -0.15) is 5.10 Å². The van der Waals surface area contributed by atoms with E-state index in [2.05, 4.69) is 17.0 Å². The molecule has 0 aliphatic carbocycles. The van der Waals surface area contributed by atoms with Crippen molar-refractivity contribution in [3.63, 3.8) is 0 Å². The third kappa shape index (κ3) is 1.50. The van der Waals surface area contributed by atoms with E-state index in [1.807, 2.05) is 11.7 Å². The van der Waals surface area contributed by atoms with Gasteiger partial charge < -0.3 is 5.73 Å². The lowest BCUT2D eigenvalue weighted by molar-refractivity contribution is 0.180. The van der Waals surface area contributed by atoms with E-state index in [0.29, 0.717) is 6.04 Å². The van der Waals surface area contributed by atoms with Gasteiger partial charge in [0, 0.05) is 7.05 Å². The van der Waals surface area contributed by atoms with Gasteiger partial charge in [0.1, 0.15) is 0 Å². The molecule has 0 saturated carbocycles. The molecule has 1 aromatic heterocycles. The summed E-state index contributed by atoms with van der Waals surface area (Å²) in [7, 11) is 4.13. The fraction of sp³-hybridized carbons (Fsp3) is 0.700. The first-order valence-electron chi connectivity index (χ1n) is 5.17. The SMILES string of the molecule is CN1CCCCC1c1c(N)cnn1C. The number of nitrogen functional groups attached to an aromatic ring is 1. The fourth-order valence-corrected chi connectivity index (χ4v) is 2.29. The third-order valence-electron chi connectivity index (χ3n) is 3.10. The summed E-state index contributed by atoms with van der Waals surface area (Å²) in [5, 5.41) is 4.19. The molecule has 78 valence electrons. The van der Waals surface area contributed by atoms with E-state index in [4.69, 9.17) is 5.73 Å². The number of anilines is 1. The molecule has 1 aromatic rings. The Hall–Kier alpha value is -1.03. The predicted octanol–water partition coefficient (Wildman–Crippen LogP) is 1.16. The Kier molecular flexibility index (Phi) is 2.46. The number of piperidine rings is 1. The highest BCUT2D eigenvalue weighted by Crippen LogP contribution is 2.31. The van der Waals surface area contributed by atoms with Gasteiger partial charge in [-0.1, -0.05) is 6.42 Å². The smallest absolute Gasteiger partial charge is 0.0781 e. The summed E-state index contributed by atoms with van der Waals surface area (Å²) in [4.78, 5) is 2.37. The molecule has 0 radical (unpaired) electrons. The fourth-order valence-electron chi connectivity index (χ4n) is 2.29. The molecule has 4 heteroatoms. The normalized spacial score (nSPS) is 24.0. The van der Waals surface area contributed by atoms with Gasteiger partial charge in [-0.15, -0.1) is 0 Å². The van der Waals surface area contributed by atoms with Gasteiger partial charge in [0.2, 0.25) is 0 Å². The van der Waals surface area contributed by atoms with Crippen LogP contribution in [0.1, 0.15) is 31.0 Å². The zero-order chi connectivity index (χ0) is 10.1. The molecule has 1 aliphatic rings. The van der Waals surface area contributed by atoms with Crippen LogP contribution >= 0.6 is 0 Å². The topological polar surface area (TPSA) is 47.1 Å². The number of aromatic nitrogens is 2. The minimum absolute atomic E-state index is 0.455. The average molecular weight is 194 g/mol. The Labute approximate surface area is 84.7 Å². The van der Waals surface area contributed by atoms with E-state index >= 15 is 0 Å².